The van der Waals surface area contributed by atoms with Crippen LogP contribution in [0.2, 0.25) is 0 Å². The van der Waals surface area contributed by atoms with Gasteiger partial charge in [0.2, 0.25) is 11.8 Å². The first-order valence-corrected chi connectivity index (χ1v) is 9.10. The average molecular weight is 342 g/mol. The third kappa shape index (κ3) is 4.66. The summed E-state index contributed by atoms with van der Waals surface area (Å²) in [4.78, 5) is 26.6. The molecule has 2 heterocycles. The third-order valence-corrected chi connectivity index (χ3v) is 4.70. The number of hydrogen-bond acceptors (Lipinski definition) is 4. The Bertz CT molecular complexity index is 747. The van der Waals surface area contributed by atoms with E-state index in [-0.39, 0.29) is 11.8 Å². The first-order chi connectivity index (χ1) is 12.1. The van der Waals surface area contributed by atoms with E-state index >= 15 is 0 Å². The lowest BCUT2D eigenvalue weighted by atomic mass is 10.2. The van der Waals surface area contributed by atoms with Crippen LogP contribution >= 0.6 is 0 Å². The Balaban J connectivity index is 1.40. The van der Waals surface area contributed by atoms with Crippen molar-refractivity contribution >= 4 is 22.7 Å². The molecule has 1 aromatic carbocycles. The lowest BCUT2D eigenvalue weighted by Crippen LogP contribution is -2.33. The van der Waals surface area contributed by atoms with E-state index in [1.807, 2.05) is 25.1 Å². The number of likely N-dealkylation sites (tertiary alicyclic amines) is 1. The van der Waals surface area contributed by atoms with Gasteiger partial charge in [0.15, 0.2) is 0 Å². The van der Waals surface area contributed by atoms with Crippen molar-refractivity contribution in [2.75, 3.05) is 26.2 Å². The van der Waals surface area contributed by atoms with Gasteiger partial charge in [-0.2, -0.15) is 5.10 Å². The molecule has 1 aliphatic rings. The number of rotatable bonds is 7. The molecule has 3 rings (SSSR count). The maximum absolute atomic E-state index is 12.3. The second-order valence-electron chi connectivity index (χ2n) is 6.76. The maximum atomic E-state index is 12.3. The van der Waals surface area contributed by atoms with Crippen LogP contribution in [0.25, 0.3) is 10.9 Å². The van der Waals surface area contributed by atoms with E-state index in [2.05, 4.69) is 15.3 Å². The van der Waals surface area contributed by atoms with Gasteiger partial charge in [-0.1, -0.05) is 11.6 Å². The molecule has 0 radical (unpaired) electrons. The van der Waals surface area contributed by atoms with Gasteiger partial charge in [-0.05, 0) is 51.4 Å². The molecule has 0 bridgehead atoms. The Morgan fingerprint density at radius 3 is 2.80 bits per heavy atom. The Hall–Kier alpha value is -2.21. The first kappa shape index (κ1) is 17.6. The summed E-state index contributed by atoms with van der Waals surface area (Å²) in [5, 5.41) is 8.09. The van der Waals surface area contributed by atoms with Crippen molar-refractivity contribution in [2.45, 2.75) is 39.0 Å². The summed E-state index contributed by atoms with van der Waals surface area (Å²) in [5.74, 6) is -0.0448. The molecule has 6 heteroatoms. The number of aryl methyl sites for hydroxylation is 1. The third-order valence-electron chi connectivity index (χ3n) is 4.70. The zero-order valence-electron chi connectivity index (χ0n) is 14.8. The molecule has 0 spiro atoms. The van der Waals surface area contributed by atoms with Crippen molar-refractivity contribution < 1.29 is 9.59 Å². The van der Waals surface area contributed by atoms with Gasteiger partial charge in [-0.15, -0.1) is 0 Å². The Kier molecular flexibility index (Phi) is 5.81. The van der Waals surface area contributed by atoms with E-state index < -0.39 is 0 Å². The minimum Gasteiger partial charge on any atom is -0.355 e. The van der Waals surface area contributed by atoms with Gasteiger partial charge < -0.3 is 10.2 Å². The fourth-order valence-corrected chi connectivity index (χ4v) is 3.31. The highest BCUT2D eigenvalue weighted by Crippen LogP contribution is 2.16. The number of benzene rings is 1. The van der Waals surface area contributed by atoms with E-state index in [0.717, 1.165) is 36.1 Å². The van der Waals surface area contributed by atoms with Crippen LogP contribution in [-0.4, -0.2) is 52.7 Å². The Morgan fingerprint density at radius 2 is 2.00 bits per heavy atom. The minimum absolute atomic E-state index is 0.0212. The molecule has 1 amide bonds. The second kappa shape index (κ2) is 8.25. The SMILES string of the molecule is Cc1ccc2c(cnn2C(=O)CCCC(=O)NCCN2CCCC2)c1. The molecule has 0 saturated carbocycles. The summed E-state index contributed by atoms with van der Waals surface area (Å²) in [6.45, 7) is 5.91. The highest BCUT2D eigenvalue weighted by Gasteiger charge is 2.13. The van der Waals surface area contributed by atoms with Crippen molar-refractivity contribution in [2.24, 2.45) is 0 Å². The van der Waals surface area contributed by atoms with Crippen molar-refractivity contribution in [1.82, 2.24) is 20.0 Å². The van der Waals surface area contributed by atoms with Crippen LogP contribution < -0.4 is 5.32 Å². The number of nitrogens with one attached hydrogen (secondary N) is 1. The van der Waals surface area contributed by atoms with E-state index in [9.17, 15) is 9.59 Å². The summed E-state index contributed by atoms with van der Waals surface area (Å²) in [5.41, 5.74) is 1.97. The topological polar surface area (TPSA) is 67.2 Å². The van der Waals surface area contributed by atoms with Crippen LogP contribution in [0.3, 0.4) is 0 Å². The number of carbonyl (C=O) groups excluding carboxylic acids is 2. The molecule has 1 aromatic heterocycles. The average Bonchev–Trinajstić information content (AvgIpc) is 3.23. The monoisotopic (exact) mass is 342 g/mol. The predicted molar refractivity (Wildman–Crippen MR) is 97.6 cm³/mol. The van der Waals surface area contributed by atoms with E-state index in [1.165, 1.54) is 17.5 Å². The highest BCUT2D eigenvalue weighted by atomic mass is 16.2. The van der Waals surface area contributed by atoms with Crippen molar-refractivity contribution in [1.29, 1.82) is 0 Å². The molecular formula is C19H26N4O2. The summed E-state index contributed by atoms with van der Waals surface area (Å²) < 4.78 is 1.44. The fourth-order valence-electron chi connectivity index (χ4n) is 3.31. The number of aromatic nitrogens is 2. The molecule has 0 atom stereocenters. The molecule has 1 N–H and O–H groups in total. The van der Waals surface area contributed by atoms with Gasteiger partial charge in [0, 0.05) is 31.3 Å². The van der Waals surface area contributed by atoms with Gasteiger partial charge in [-0.25, -0.2) is 4.68 Å². The molecule has 2 aromatic rings. The molecule has 1 fully saturated rings. The molecule has 1 aliphatic heterocycles. The standard InChI is InChI=1S/C19H26N4O2/c1-15-7-8-17-16(13-15)14-21-23(17)19(25)6-4-5-18(24)20-9-12-22-10-2-3-11-22/h7-8,13-14H,2-6,9-12H2,1H3,(H,20,24). The second-order valence-corrected chi connectivity index (χ2v) is 6.76. The molecule has 6 nitrogen and oxygen atoms in total. The van der Waals surface area contributed by atoms with E-state index in [1.54, 1.807) is 6.20 Å². The maximum Gasteiger partial charge on any atom is 0.247 e. The summed E-state index contributed by atoms with van der Waals surface area (Å²) in [6.07, 6.45) is 5.48. The van der Waals surface area contributed by atoms with Crippen molar-refractivity contribution in [3.63, 3.8) is 0 Å². The van der Waals surface area contributed by atoms with E-state index in [4.69, 9.17) is 0 Å². The van der Waals surface area contributed by atoms with Crippen LogP contribution in [0.4, 0.5) is 0 Å². The quantitative estimate of drug-likeness (QED) is 0.839. The van der Waals surface area contributed by atoms with Crippen LogP contribution in [-0.2, 0) is 4.79 Å². The summed E-state index contributed by atoms with van der Waals surface area (Å²) in [6, 6.07) is 5.90. The van der Waals surface area contributed by atoms with Gasteiger partial charge in [-0.3, -0.25) is 9.59 Å². The molecule has 25 heavy (non-hydrogen) atoms. The van der Waals surface area contributed by atoms with Gasteiger partial charge in [0.05, 0.1) is 11.7 Å². The minimum atomic E-state index is -0.0660. The summed E-state index contributed by atoms with van der Waals surface area (Å²) >= 11 is 0. The van der Waals surface area contributed by atoms with Gasteiger partial charge >= 0.3 is 0 Å². The van der Waals surface area contributed by atoms with E-state index in [0.29, 0.717) is 25.8 Å². The number of carbonyl (C=O) groups is 2. The van der Waals surface area contributed by atoms with Gasteiger partial charge in [0.25, 0.3) is 0 Å². The zero-order chi connectivity index (χ0) is 17.6. The molecule has 1 saturated heterocycles. The lowest BCUT2D eigenvalue weighted by Gasteiger charge is -2.14. The van der Waals surface area contributed by atoms with Crippen LogP contribution in [0.1, 0.15) is 42.5 Å². The molecular weight excluding hydrogens is 316 g/mol. The number of fused-ring (bicyclic) bond motifs is 1. The smallest absolute Gasteiger partial charge is 0.247 e. The molecule has 134 valence electrons. The predicted octanol–water partition coefficient (Wildman–Crippen LogP) is 2.37. The van der Waals surface area contributed by atoms with Crippen LogP contribution in [0, 0.1) is 6.92 Å². The first-order valence-electron chi connectivity index (χ1n) is 9.10. The number of nitrogens with zero attached hydrogens (tertiary/aromatic N) is 3. The van der Waals surface area contributed by atoms with Crippen LogP contribution in [0.15, 0.2) is 24.4 Å². The highest BCUT2D eigenvalue weighted by molar-refractivity contribution is 5.91. The van der Waals surface area contributed by atoms with Crippen LogP contribution in [0.5, 0.6) is 0 Å². The Labute approximate surface area is 148 Å². The summed E-state index contributed by atoms with van der Waals surface area (Å²) in [7, 11) is 0. The zero-order valence-corrected chi connectivity index (χ0v) is 14.8. The number of amides is 1. The lowest BCUT2D eigenvalue weighted by molar-refractivity contribution is -0.121. The number of hydrogen-bond donors (Lipinski definition) is 1. The largest absolute Gasteiger partial charge is 0.355 e. The molecule has 0 unspecified atom stereocenters. The van der Waals surface area contributed by atoms with Gasteiger partial charge in [0.1, 0.15) is 0 Å². The molecule has 0 aliphatic carbocycles. The van der Waals surface area contributed by atoms with Crippen molar-refractivity contribution in [3.05, 3.63) is 30.0 Å². The normalized spacial score (nSPS) is 14.9. The Morgan fingerprint density at radius 1 is 1.20 bits per heavy atom. The fraction of sp³-hybridized carbons (Fsp3) is 0.526. The van der Waals surface area contributed by atoms with Crippen molar-refractivity contribution in [3.8, 4) is 0 Å².